The Morgan fingerprint density at radius 2 is 2.08 bits per heavy atom. The number of hydrogen-bond acceptors (Lipinski definition) is 6. The van der Waals surface area contributed by atoms with Gasteiger partial charge in [-0.3, -0.25) is 4.90 Å². The van der Waals surface area contributed by atoms with Gasteiger partial charge < -0.3 is 9.47 Å². The fraction of sp³-hybridized carbons (Fsp3) is 0.500. The smallest absolute Gasteiger partial charge is 0.361 e. The third-order valence-corrected chi connectivity index (χ3v) is 4.25. The summed E-state index contributed by atoms with van der Waals surface area (Å²) in [6, 6.07) is 7.54. The zero-order valence-electron chi connectivity index (χ0n) is 14.5. The highest BCUT2D eigenvalue weighted by atomic mass is 16.5. The summed E-state index contributed by atoms with van der Waals surface area (Å²) in [5, 5.41) is 10.5. The van der Waals surface area contributed by atoms with Crippen LogP contribution in [0.25, 0.3) is 11.3 Å². The van der Waals surface area contributed by atoms with Crippen LogP contribution in [0.3, 0.4) is 0 Å². The lowest BCUT2D eigenvalue weighted by atomic mass is 10.1. The van der Waals surface area contributed by atoms with Crippen LogP contribution in [0, 0.1) is 0 Å². The van der Waals surface area contributed by atoms with Gasteiger partial charge in [0.05, 0.1) is 6.61 Å². The van der Waals surface area contributed by atoms with Gasteiger partial charge >= 0.3 is 5.97 Å². The number of carbonyl (C=O) groups excluding carboxylic acids is 1. The van der Waals surface area contributed by atoms with E-state index >= 15 is 0 Å². The Labute approximate surface area is 147 Å². The van der Waals surface area contributed by atoms with Crippen LogP contribution < -0.4 is 4.74 Å². The predicted octanol–water partition coefficient (Wildman–Crippen LogP) is 2.51. The van der Waals surface area contributed by atoms with Crippen molar-refractivity contribution < 1.29 is 14.3 Å². The van der Waals surface area contributed by atoms with Crippen molar-refractivity contribution in [3.8, 4) is 17.0 Å². The molecule has 1 saturated heterocycles. The van der Waals surface area contributed by atoms with Gasteiger partial charge in [0.15, 0.2) is 5.69 Å². The van der Waals surface area contributed by atoms with E-state index in [9.17, 15) is 4.79 Å². The van der Waals surface area contributed by atoms with Crippen LogP contribution in [0.15, 0.2) is 24.3 Å². The number of rotatable bonds is 7. The van der Waals surface area contributed by atoms with Gasteiger partial charge in [-0.2, -0.15) is 10.3 Å². The molecule has 0 unspecified atom stereocenters. The third-order valence-electron chi connectivity index (χ3n) is 4.25. The average Bonchev–Trinajstić information content (AvgIpc) is 3.13. The number of piperidine rings is 1. The standard InChI is InChI=1S/C18H24N4O3/c1-2-24-18(23)17-16(19-21-20-17)14-7-6-8-15(13-14)25-12-11-22-9-4-3-5-10-22/h6-8,13H,2-5,9-12H2,1H3,(H,19,20,21). The molecule has 0 atom stereocenters. The van der Waals surface area contributed by atoms with Crippen molar-refractivity contribution in [2.45, 2.75) is 26.2 Å². The number of hydrogen-bond donors (Lipinski definition) is 1. The minimum Gasteiger partial charge on any atom is -0.492 e. The lowest BCUT2D eigenvalue weighted by molar-refractivity contribution is 0.0520. The molecule has 0 spiro atoms. The van der Waals surface area contributed by atoms with Gasteiger partial charge in [0, 0.05) is 12.1 Å². The summed E-state index contributed by atoms with van der Waals surface area (Å²) in [7, 11) is 0. The van der Waals surface area contributed by atoms with Crippen molar-refractivity contribution in [1.82, 2.24) is 20.3 Å². The van der Waals surface area contributed by atoms with E-state index in [2.05, 4.69) is 20.3 Å². The van der Waals surface area contributed by atoms with E-state index in [1.807, 2.05) is 24.3 Å². The van der Waals surface area contributed by atoms with Crippen LogP contribution in [0.4, 0.5) is 0 Å². The van der Waals surface area contributed by atoms with E-state index in [1.54, 1.807) is 6.92 Å². The van der Waals surface area contributed by atoms with Gasteiger partial charge in [0.2, 0.25) is 0 Å². The Morgan fingerprint density at radius 3 is 2.88 bits per heavy atom. The molecule has 2 heterocycles. The Bertz CT molecular complexity index is 695. The summed E-state index contributed by atoms with van der Waals surface area (Å²) in [5.74, 6) is 0.273. The number of nitrogens with one attached hydrogen (secondary N) is 1. The minimum atomic E-state index is -0.484. The maximum Gasteiger partial charge on any atom is 0.361 e. The maximum atomic E-state index is 12.0. The zero-order valence-corrected chi connectivity index (χ0v) is 14.5. The number of carbonyl (C=O) groups is 1. The van der Waals surface area contributed by atoms with Crippen LogP contribution in [0.1, 0.15) is 36.7 Å². The molecular weight excluding hydrogens is 320 g/mol. The summed E-state index contributed by atoms with van der Waals surface area (Å²) in [6.45, 7) is 5.95. The summed E-state index contributed by atoms with van der Waals surface area (Å²) in [5.41, 5.74) is 1.43. The molecule has 2 aromatic rings. The fourth-order valence-corrected chi connectivity index (χ4v) is 2.98. The van der Waals surface area contributed by atoms with Crippen LogP contribution in [0.5, 0.6) is 5.75 Å². The molecule has 7 nitrogen and oxygen atoms in total. The van der Waals surface area contributed by atoms with Gasteiger partial charge in [0.25, 0.3) is 0 Å². The first-order valence-electron chi connectivity index (χ1n) is 8.81. The second-order valence-electron chi connectivity index (χ2n) is 6.02. The quantitative estimate of drug-likeness (QED) is 0.778. The molecule has 0 radical (unpaired) electrons. The lowest BCUT2D eigenvalue weighted by Crippen LogP contribution is -2.33. The largest absolute Gasteiger partial charge is 0.492 e. The molecule has 0 bridgehead atoms. The lowest BCUT2D eigenvalue weighted by Gasteiger charge is -2.26. The molecule has 3 rings (SSSR count). The molecule has 0 saturated carbocycles. The normalized spacial score (nSPS) is 15.1. The number of aromatic amines is 1. The molecular formula is C18H24N4O3. The van der Waals surface area contributed by atoms with Gasteiger partial charge in [-0.25, -0.2) is 4.79 Å². The second-order valence-corrected chi connectivity index (χ2v) is 6.02. The summed E-state index contributed by atoms with van der Waals surface area (Å²) in [6.07, 6.45) is 3.89. The highest BCUT2D eigenvalue weighted by molar-refractivity contribution is 5.93. The topological polar surface area (TPSA) is 80.3 Å². The van der Waals surface area contributed by atoms with Crippen molar-refractivity contribution in [1.29, 1.82) is 0 Å². The molecule has 1 aliphatic rings. The molecule has 0 aliphatic carbocycles. The number of ether oxygens (including phenoxy) is 2. The number of H-pyrrole nitrogens is 1. The predicted molar refractivity (Wildman–Crippen MR) is 93.6 cm³/mol. The third kappa shape index (κ3) is 4.57. The molecule has 134 valence electrons. The Balaban J connectivity index is 1.63. The number of likely N-dealkylation sites (tertiary alicyclic amines) is 1. The van der Waals surface area contributed by atoms with Gasteiger partial charge in [0.1, 0.15) is 18.1 Å². The molecule has 1 aromatic heterocycles. The Kier molecular flexibility index (Phi) is 6.00. The summed E-state index contributed by atoms with van der Waals surface area (Å²) < 4.78 is 10.9. The SMILES string of the molecule is CCOC(=O)c1n[nH]nc1-c1cccc(OCCN2CCCCC2)c1. The van der Waals surface area contributed by atoms with E-state index in [1.165, 1.54) is 19.3 Å². The van der Waals surface area contributed by atoms with Gasteiger partial charge in [-0.05, 0) is 45.0 Å². The van der Waals surface area contributed by atoms with Crippen LogP contribution in [-0.4, -0.2) is 59.1 Å². The van der Waals surface area contributed by atoms with E-state index in [-0.39, 0.29) is 5.69 Å². The van der Waals surface area contributed by atoms with E-state index in [0.717, 1.165) is 30.9 Å². The van der Waals surface area contributed by atoms with Crippen LogP contribution in [0.2, 0.25) is 0 Å². The number of esters is 1. The zero-order chi connectivity index (χ0) is 17.5. The first-order chi connectivity index (χ1) is 12.3. The van der Waals surface area contributed by atoms with Crippen LogP contribution in [-0.2, 0) is 4.74 Å². The van der Waals surface area contributed by atoms with E-state index < -0.39 is 5.97 Å². The average molecular weight is 344 g/mol. The van der Waals surface area contributed by atoms with E-state index in [0.29, 0.717) is 18.9 Å². The number of benzene rings is 1. The number of nitrogens with zero attached hydrogens (tertiary/aromatic N) is 3. The monoisotopic (exact) mass is 344 g/mol. The van der Waals surface area contributed by atoms with Crippen molar-refractivity contribution >= 4 is 5.97 Å². The highest BCUT2D eigenvalue weighted by Crippen LogP contribution is 2.24. The number of aromatic nitrogens is 3. The molecule has 1 N–H and O–H groups in total. The first kappa shape index (κ1) is 17.4. The van der Waals surface area contributed by atoms with Crippen molar-refractivity contribution in [3.05, 3.63) is 30.0 Å². The highest BCUT2D eigenvalue weighted by Gasteiger charge is 2.19. The van der Waals surface area contributed by atoms with Crippen molar-refractivity contribution in [3.63, 3.8) is 0 Å². The first-order valence-corrected chi connectivity index (χ1v) is 8.81. The molecule has 1 aromatic carbocycles. The van der Waals surface area contributed by atoms with Gasteiger partial charge in [-0.15, -0.1) is 5.10 Å². The molecule has 7 heteroatoms. The molecule has 1 aliphatic heterocycles. The molecule has 1 fully saturated rings. The fourth-order valence-electron chi connectivity index (χ4n) is 2.98. The minimum absolute atomic E-state index is 0.187. The Hall–Kier alpha value is -2.41. The molecule has 25 heavy (non-hydrogen) atoms. The van der Waals surface area contributed by atoms with Gasteiger partial charge in [-0.1, -0.05) is 18.6 Å². The summed E-state index contributed by atoms with van der Waals surface area (Å²) >= 11 is 0. The van der Waals surface area contributed by atoms with Crippen LogP contribution >= 0.6 is 0 Å². The van der Waals surface area contributed by atoms with Crippen molar-refractivity contribution in [2.24, 2.45) is 0 Å². The molecule has 0 amide bonds. The summed E-state index contributed by atoms with van der Waals surface area (Å²) in [4.78, 5) is 14.4. The maximum absolute atomic E-state index is 12.0. The Morgan fingerprint density at radius 1 is 1.24 bits per heavy atom. The van der Waals surface area contributed by atoms with E-state index in [4.69, 9.17) is 9.47 Å². The van der Waals surface area contributed by atoms with Crippen molar-refractivity contribution in [2.75, 3.05) is 32.8 Å². The second kappa shape index (κ2) is 8.62.